The van der Waals surface area contributed by atoms with E-state index in [1.807, 2.05) is 0 Å². The van der Waals surface area contributed by atoms with Crippen molar-refractivity contribution in [2.45, 2.75) is 13.5 Å². The summed E-state index contributed by atoms with van der Waals surface area (Å²) in [6, 6.07) is -0.597. The fraction of sp³-hybridized carbons (Fsp3) is 0.429. The summed E-state index contributed by atoms with van der Waals surface area (Å²) in [5.41, 5.74) is 0. The highest BCUT2D eigenvalue weighted by Gasteiger charge is 2.05. The van der Waals surface area contributed by atoms with Gasteiger partial charge in [0.05, 0.1) is 6.54 Å². The largest absolute Gasteiger partial charge is 0.480 e. The van der Waals surface area contributed by atoms with Gasteiger partial charge in [-0.1, -0.05) is 5.16 Å². The number of aryl methyl sites for hydroxylation is 1. The van der Waals surface area contributed by atoms with Gasteiger partial charge < -0.3 is 20.3 Å². The van der Waals surface area contributed by atoms with E-state index in [-0.39, 0.29) is 6.54 Å². The average Bonchev–Trinajstić information content (AvgIpc) is 2.58. The lowest BCUT2D eigenvalue weighted by atomic mass is 10.6. The molecule has 1 rings (SSSR count). The third-order valence-electron chi connectivity index (χ3n) is 1.38. The van der Waals surface area contributed by atoms with E-state index < -0.39 is 18.5 Å². The van der Waals surface area contributed by atoms with Gasteiger partial charge in [0.25, 0.3) is 0 Å². The normalized spacial score (nSPS) is 9.67. The van der Waals surface area contributed by atoms with Gasteiger partial charge in [-0.05, 0) is 0 Å². The number of nitrogens with zero attached hydrogens (tertiary/aromatic N) is 2. The minimum Gasteiger partial charge on any atom is -0.480 e. The number of hydrogen-bond donors (Lipinski definition) is 3. The van der Waals surface area contributed by atoms with Crippen LogP contribution in [0.25, 0.3) is 0 Å². The molecule has 0 spiro atoms. The van der Waals surface area contributed by atoms with Crippen molar-refractivity contribution >= 4 is 12.0 Å². The topological polar surface area (TPSA) is 117 Å². The van der Waals surface area contributed by atoms with Gasteiger partial charge in [-0.2, -0.15) is 4.98 Å². The number of carboxylic acid groups (broad SMARTS) is 1. The summed E-state index contributed by atoms with van der Waals surface area (Å²) in [6.07, 6.45) is 0. The smallest absolute Gasteiger partial charge is 0.323 e. The summed E-state index contributed by atoms with van der Waals surface area (Å²) in [6.45, 7) is 1.28. The lowest BCUT2D eigenvalue weighted by molar-refractivity contribution is -0.135. The van der Waals surface area contributed by atoms with Crippen LogP contribution in [0.1, 0.15) is 11.7 Å². The number of aromatic nitrogens is 2. The van der Waals surface area contributed by atoms with Crippen LogP contribution < -0.4 is 10.6 Å². The third-order valence-corrected chi connectivity index (χ3v) is 1.38. The van der Waals surface area contributed by atoms with E-state index in [0.717, 1.165) is 0 Å². The zero-order chi connectivity index (χ0) is 11.3. The van der Waals surface area contributed by atoms with Crippen LogP contribution in [0, 0.1) is 6.92 Å². The van der Waals surface area contributed by atoms with Crippen LogP contribution in [0.5, 0.6) is 0 Å². The van der Waals surface area contributed by atoms with Gasteiger partial charge >= 0.3 is 12.0 Å². The Morgan fingerprint density at radius 1 is 1.47 bits per heavy atom. The van der Waals surface area contributed by atoms with Crippen LogP contribution in [0.2, 0.25) is 0 Å². The summed E-state index contributed by atoms with van der Waals surface area (Å²) in [5, 5.41) is 16.3. The molecule has 1 aromatic heterocycles. The van der Waals surface area contributed by atoms with Crippen molar-refractivity contribution in [3.63, 3.8) is 0 Å². The molecule has 0 aliphatic carbocycles. The number of urea groups is 1. The number of carbonyl (C=O) groups is 2. The van der Waals surface area contributed by atoms with Gasteiger partial charge in [0.2, 0.25) is 5.89 Å². The molecule has 0 saturated heterocycles. The molecule has 8 nitrogen and oxygen atoms in total. The summed E-state index contributed by atoms with van der Waals surface area (Å²) >= 11 is 0. The third kappa shape index (κ3) is 4.07. The highest BCUT2D eigenvalue weighted by molar-refractivity contribution is 5.79. The van der Waals surface area contributed by atoms with Gasteiger partial charge in [0.15, 0.2) is 5.82 Å². The van der Waals surface area contributed by atoms with Crippen molar-refractivity contribution < 1.29 is 19.2 Å². The first-order valence-corrected chi connectivity index (χ1v) is 4.10. The highest BCUT2D eigenvalue weighted by Crippen LogP contribution is 1.93. The molecule has 0 bridgehead atoms. The Morgan fingerprint density at radius 2 is 2.20 bits per heavy atom. The zero-order valence-corrected chi connectivity index (χ0v) is 7.98. The fourth-order valence-corrected chi connectivity index (χ4v) is 0.791. The first-order chi connectivity index (χ1) is 7.08. The van der Waals surface area contributed by atoms with E-state index in [1.165, 1.54) is 0 Å². The minimum absolute atomic E-state index is 0.0861. The number of amides is 2. The Balaban J connectivity index is 2.25. The minimum atomic E-state index is -1.11. The van der Waals surface area contributed by atoms with Crippen LogP contribution in [0.4, 0.5) is 4.79 Å². The van der Waals surface area contributed by atoms with Gasteiger partial charge in [-0.25, -0.2) is 4.79 Å². The lowest BCUT2D eigenvalue weighted by Gasteiger charge is -2.02. The van der Waals surface area contributed by atoms with E-state index in [0.29, 0.717) is 11.7 Å². The predicted octanol–water partition coefficient (Wildman–Crippen LogP) is -0.738. The van der Waals surface area contributed by atoms with Crippen molar-refractivity contribution in [2.75, 3.05) is 6.54 Å². The standard InChI is InChI=1S/C7H10N4O4/c1-4-10-5(11-15-4)2-8-7(14)9-3-6(12)13/h2-3H2,1H3,(H,12,13)(H2,8,9,14). The van der Waals surface area contributed by atoms with Crippen LogP contribution in [-0.2, 0) is 11.3 Å². The highest BCUT2D eigenvalue weighted by atomic mass is 16.5. The molecular formula is C7H10N4O4. The fourth-order valence-electron chi connectivity index (χ4n) is 0.791. The molecule has 15 heavy (non-hydrogen) atoms. The van der Waals surface area contributed by atoms with Crippen LogP contribution in [0.15, 0.2) is 4.52 Å². The van der Waals surface area contributed by atoms with E-state index in [4.69, 9.17) is 5.11 Å². The zero-order valence-electron chi connectivity index (χ0n) is 7.98. The molecule has 0 unspecified atom stereocenters. The molecular weight excluding hydrogens is 204 g/mol. The van der Waals surface area contributed by atoms with E-state index in [2.05, 4.69) is 25.3 Å². The number of rotatable bonds is 4. The van der Waals surface area contributed by atoms with Gasteiger partial charge in [0, 0.05) is 6.92 Å². The van der Waals surface area contributed by atoms with Crippen molar-refractivity contribution in [3.05, 3.63) is 11.7 Å². The number of hydrogen-bond acceptors (Lipinski definition) is 5. The first-order valence-electron chi connectivity index (χ1n) is 4.10. The molecule has 8 heteroatoms. The Hall–Kier alpha value is -2.12. The summed E-state index contributed by atoms with van der Waals surface area (Å²) in [5.74, 6) is -0.378. The van der Waals surface area contributed by atoms with Crippen molar-refractivity contribution in [2.24, 2.45) is 0 Å². The molecule has 0 aromatic carbocycles. The molecule has 0 aliphatic heterocycles. The molecule has 0 fully saturated rings. The quantitative estimate of drug-likeness (QED) is 0.607. The maximum atomic E-state index is 11.0. The Kier molecular flexibility index (Phi) is 3.61. The first kappa shape index (κ1) is 11.0. The van der Waals surface area contributed by atoms with Crippen molar-refractivity contribution in [1.82, 2.24) is 20.8 Å². The molecule has 0 atom stereocenters. The average molecular weight is 214 g/mol. The second-order valence-corrected chi connectivity index (χ2v) is 2.66. The van der Waals surface area contributed by atoms with E-state index in [1.54, 1.807) is 6.92 Å². The SMILES string of the molecule is Cc1nc(CNC(=O)NCC(=O)O)no1. The Labute approximate surface area is 84.7 Å². The van der Waals surface area contributed by atoms with Crippen LogP contribution in [-0.4, -0.2) is 33.8 Å². The Morgan fingerprint density at radius 3 is 2.73 bits per heavy atom. The van der Waals surface area contributed by atoms with Gasteiger partial charge in [0.1, 0.15) is 6.54 Å². The van der Waals surface area contributed by atoms with E-state index in [9.17, 15) is 9.59 Å². The number of nitrogens with one attached hydrogen (secondary N) is 2. The second-order valence-electron chi connectivity index (χ2n) is 2.66. The second kappa shape index (κ2) is 4.94. The summed E-state index contributed by atoms with van der Waals surface area (Å²) in [4.78, 5) is 24.9. The molecule has 2 amide bonds. The molecule has 1 heterocycles. The number of carbonyl (C=O) groups excluding carboxylic acids is 1. The maximum Gasteiger partial charge on any atom is 0.323 e. The van der Waals surface area contributed by atoms with E-state index >= 15 is 0 Å². The molecule has 0 radical (unpaired) electrons. The summed E-state index contributed by atoms with van der Waals surface area (Å²) < 4.78 is 4.67. The molecule has 0 aliphatic rings. The van der Waals surface area contributed by atoms with Crippen LogP contribution in [0.3, 0.4) is 0 Å². The maximum absolute atomic E-state index is 11.0. The molecule has 0 saturated carbocycles. The molecule has 3 N–H and O–H groups in total. The Bertz CT molecular complexity index is 362. The lowest BCUT2D eigenvalue weighted by Crippen LogP contribution is -2.38. The predicted molar refractivity (Wildman–Crippen MR) is 46.9 cm³/mol. The molecule has 1 aromatic rings. The number of carboxylic acids is 1. The van der Waals surface area contributed by atoms with Gasteiger partial charge in [-0.15, -0.1) is 0 Å². The van der Waals surface area contributed by atoms with Crippen molar-refractivity contribution in [3.8, 4) is 0 Å². The van der Waals surface area contributed by atoms with Crippen LogP contribution >= 0.6 is 0 Å². The molecule has 82 valence electrons. The monoisotopic (exact) mass is 214 g/mol. The van der Waals surface area contributed by atoms with Crippen molar-refractivity contribution in [1.29, 1.82) is 0 Å². The summed E-state index contributed by atoms with van der Waals surface area (Å²) in [7, 11) is 0. The van der Waals surface area contributed by atoms with Gasteiger partial charge in [-0.3, -0.25) is 4.79 Å². The number of aliphatic carboxylic acids is 1.